The number of hydrogen-bond donors (Lipinski definition) is 2. The van der Waals surface area contributed by atoms with E-state index < -0.39 is 0 Å². The quantitative estimate of drug-likeness (QED) is 0.722. The number of benzene rings is 1. The van der Waals surface area contributed by atoms with Gasteiger partial charge in [-0.2, -0.15) is 5.10 Å². The molecule has 0 radical (unpaired) electrons. The van der Waals surface area contributed by atoms with Crippen molar-refractivity contribution in [3.63, 3.8) is 0 Å². The highest BCUT2D eigenvalue weighted by molar-refractivity contribution is 6.12. The molecule has 8 heteroatoms. The fourth-order valence-corrected chi connectivity index (χ4v) is 3.17. The second-order valence-corrected chi connectivity index (χ2v) is 6.41. The van der Waals surface area contributed by atoms with Gasteiger partial charge in [0.05, 0.1) is 35.5 Å². The van der Waals surface area contributed by atoms with Crippen molar-refractivity contribution in [2.45, 2.75) is 25.9 Å². The van der Waals surface area contributed by atoms with Crippen molar-refractivity contribution in [2.75, 3.05) is 23.8 Å². The number of amides is 1. The van der Waals surface area contributed by atoms with Gasteiger partial charge in [-0.3, -0.25) is 4.79 Å². The average molecular weight is 369 g/mol. The monoisotopic (exact) mass is 369 g/mol. The summed E-state index contributed by atoms with van der Waals surface area (Å²) in [7, 11) is 0. The number of fused-ring (bicyclic) bond motifs is 1. The molecule has 0 bridgehead atoms. The van der Waals surface area contributed by atoms with E-state index in [1.165, 1.54) is 24.3 Å². The van der Waals surface area contributed by atoms with Crippen molar-refractivity contribution in [2.24, 2.45) is 0 Å². The van der Waals surface area contributed by atoms with Gasteiger partial charge >= 0.3 is 0 Å². The molecule has 3 heterocycles. The van der Waals surface area contributed by atoms with E-state index in [2.05, 4.69) is 20.7 Å². The van der Waals surface area contributed by atoms with Gasteiger partial charge in [0.2, 0.25) is 0 Å². The Morgan fingerprint density at radius 1 is 1.33 bits per heavy atom. The van der Waals surface area contributed by atoms with Gasteiger partial charge < -0.3 is 15.4 Å². The van der Waals surface area contributed by atoms with Crippen molar-refractivity contribution < 1.29 is 13.9 Å². The summed E-state index contributed by atoms with van der Waals surface area (Å²) < 4.78 is 20.3. The number of hydrogen-bond acceptors (Lipinski definition) is 5. The number of carbonyl (C=O) groups excluding carboxylic acids is 1. The van der Waals surface area contributed by atoms with Gasteiger partial charge in [0.15, 0.2) is 5.65 Å². The van der Waals surface area contributed by atoms with Crippen LogP contribution in [0.5, 0.6) is 0 Å². The highest BCUT2D eigenvalue weighted by Gasteiger charge is 2.23. The number of halogens is 1. The van der Waals surface area contributed by atoms with Gasteiger partial charge in [-0.05, 0) is 37.6 Å². The summed E-state index contributed by atoms with van der Waals surface area (Å²) in [5, 5.41) is 11.4. The molecule has 27 heavy (non-hydrogen) atoms. The van der Waals surface area contributed by atoms with Crippen molar-refractivity contribution in [1.29, 1.82) is 0 Å². The Morgan fingerprint density at radius 3 is 2.85 bits per heavy atom. The highest BCUT2D eigenvalue weighted by Crippen LogP contribution is 2.28. The van der Waals surface area contributed by atoms with Crippen LogP contribution in [0.2, 0.25) is 0 Å². The Morgan fingerprint density at radius 2 is 2.15 bits per heavy atom. The molecular formula is C19H20FN5O2. The number of nitrogens with zero attached hydrogens (tertiary/aromatic N) is 3. The van der Waals surface area contributed by atoms with Crippen molar-refractivity contribution in [3.8, 4) is 0 Å². The van der Waals surface area contributed by atoms with Crippen molar-refractivity contribution in [3.05, 3.63) is 48.0 Å². The van der Waals surface area contributed by atoms with Crippen LogP contribution in [0.15, 0.2) is 36.7 Å². The minimum Gasteiger partial charge on any atom is -0.379 e. The van der Waals surface area contributed by atoms with Gasteiger partial charge in [0, 0.05) is 25.0 Å². The minimum absolute atomic E-state index is 0.123. The SMILES string of the molecule is CCn1ncc2c(N[C@@H]3CCOC3)c(C(=O)Nc3ccc(F)cc3)cnc21. The van der Waals surface area contributed by atoms with E-state index in [1.807, 2.05) is 6.92 Å². The standard InChI is InChI=1S/C19H20FN5O2/c1-2-25-18-15(10-22-25)17(23-14-7-8-27-11-14)16(9-21-18)19(26)24-13-5-3-12(20)4-6-13/h3-6,9-10,14H,2,7-8,11H2,1H3,(H,21,23)(H,24,26)/t14-/m1/s1. The minimum atomic E-state index is -0.355. The molecule has 2 N–H and O–H groups in total. The van der Waals surface area contributed by atoms with Crippen LogP contribution in [0, 0.1) is 5.82 Å². The number of aromatic nitrogens is 3. The number of carbonyl (C=O) groups is 1. The van der Waals surface area contributed by atoms with Crippen LogP contribution in [-0.2, 0) is 11.3 Å². The first-order chi connectivity index (χ1) is 13.2. The molecule has 1 atom stereocenters. The van der Waals surface area contributed by atoms with E-state index in [1.54, 1.807) is 17.1 Å². The normalized spacial score (nSPS) is 16.6. The molecule has 1 aliphatic heterocycles. The van der Waals surface area contributed by atoms with Crippen LogP contribution in [0.4, 0.5) is 15.8 Å². The molecule has 1 aliphatic rings. The van der Waals surface area contributed by atoms with E-state index in [-0.39, 0.29) is 17.8 Å². The average Bonchev–Trinajstić information content (AvgIpc) is 3.33. The van der Waals surface area contributed by atoms with Crippen LogP contribution < -0.4 is 10.6 Å². The third kappa shape index (κ3) is 3.48. The number of pyridine rings is 1. The second-order valence-electron chi connectivity index (χ2n) is 6.41. The molecule has 0 aliphatic carbocycles. The van der Waals surface area contributed by atoms with E-state index >= 15 is 0 Å². The first-order valence-corrected chi connectivity index (χ1v) is 8.91. The Hall–Kier alpha value is -3.00. The molecule has 140 valence electrons. The molecule has 1 amide bonds. The smallest absolute Gasteiger partial charge is 0.259 e. The molecule has 1 fully saturated rings. The maximum absolute atomic E-state index is 13.1. The summed E-state index contributed by atoms with van der Waals surface area (Å²) >= 11 is 0. The zero-order chi connectivity index (χ0) is 18.8. The zero-order valence-corrected chi connectivity index (χ0v) is 14.9. The zero-order valence-electron chi connectivity index (χ0n) is 14.9. The van der Waals surface area contributed by atoms with Crippen molar-refractivity contribution >= 4 is 28.3 Å². The van der Waals surface area contributed by atoms with Crippen LogP contribution in [0.25, 0.3) is 11.0 Å². The Balaban J connectivity index is 1.71. The number of ether oxygens (including phenoxy) is 1. The lowest BCUT2D eigenvalue weighted by Gasteiger charge is -2.17. The molecule has 0 spiro atoms. The topological polar surface area (TPSA) is 81.1 Å². The molecule has 0 saturated carbocycles. The van der Waals surface area contributed by atoms with E-state index in [0.29, 0.717) is 36.7 Å². The highest BCUT2D eigenvalue weighted by atomic mass is 19.1. The summed E-state index contributed by atoms with van der Waals surface area (Å²) in [6, 6.07) is 5.77. The predicted octanol–water partition coefficient (Wildman–Crippen LogP) is 3.04. The fraction of sp³-hybridized carbons (Fsp3) is 0.316. The number of nitrogens with one attached hydrogen (secondary N) is 2. The van der Waals surface area contributed by atoms with Crippen LogP contribution >= 0.6 is 0 Å². The summed E-state index contributed by atoms with van der Waals surface area (Å²) in [4.78, 5) is 17.3. The number of aryl methyl sites for hydroxylation is 1. The summed E-state index contributed by atoms with van der Waals surface area (Å²) in [6.45, 7) is 3.95. The van der Waals surface area contributed by atoms with Gasteiger partial charge in [-0.25, -0.2) is 14.1 Å². The molecule has 3 aromatic rings. The van der Waals surface area contributed by atoms with Gasteiger partial charge in [-0.1, -0.05) is 0 Å². The molecule has 1 aromatic carbocycles. The van der Waals surface area contributed by atoms with Crippen LogP contribution in [0.1, 0.15) is 23.7 Å². The Kier molecular flexibility index (Phi) is 4.72. The lowest BCUT2D eigenvalue weighted by molar-refractivity contribution is 0.102. The first kappa shape index (κ1) is 17.4. The number of anilines is 2. The molecule has 1 saturated heterocycles. The summed E-state index contributed by atoms with van der Waals surface area (Å²) in [5.41, 5.74) is 2.34. The van der Waals surface area contributed by atoms with E-state index in [4.69, 9.17) is 4.74 Å². The third-order valence-electron chi connectivity index (χ3n) is 4.59. The van der Waals surface area contributed by atoms with Gasteiger partial charge in [-0.15, -0.1) is 0 Å². The fourth-order valence-electron chi connectivity index (χ4n) is 3.17. The molecule has 2 aromatic heterocycles. The van der Waals surface area contributed by atoms with Crippen molar-refractivity contribution in [1.82, 2.24) is 14.8 Å². The van der Waals surface area contributed by atoms with Crippen LogP contribution in [0.3, 0.4) is 0 Å². The Bertz CT molecular complexity index is 964. The largest absolute Gasteiger partial charge is 0.379 e. The number of rotatable bonds is 5. The molecule has 7 nitrogen and oxygen atoms in total. The molecule has 0 unspecified atom stereocenters. The second kappa shape index (κ2) is 7.32. The lowest BCUT2D eigenvalue weighted by Crippen LogP contribution is -2.23. The summed E-state index contributed by atoms with van der Waals surface area (Å²) in [5.74, 6) is -0.673. The maximum Gasteiger partial charge on any atom is 0.259 e. The first-order valence-electron chi connectivity index (χ1n) is 8.91. The maximum atomic E-state index is 13.1. The van der Waals surface area contributed by atoms with E-state index in [9.17, 15) is 9.18 Å². The van der Waals surface area contributed by atoms with Crippen LogP contribution in [-0.4, -0.2) is 39.9 Å². The Labute approximate surface area is 155 Å². The van der Waals surface area contributed by atoms with Gasteiger partial charge in [0.1, 0.15) is 5.82 Å². The van der Waals surface area contributed by atoms with E-state index in [0.717, 1.165) is 17.5 Å². The predicted molar refractivity (Wildman–Crippen MR) is 100 cm³/mol. The third-order valence-corrected chi connectivity index (χ3v) is 4.59. The molecule has 4 rings (SSSR count). The van der Waals surface area contributed by atoms with Gasteiger partial charge in [0.25, 0.3) is 5.91 Å². The molecular weight excluding hydrogens is 349 g/mol. The lowest BCUT2D eigenvalue weighted by atomic mass is 10.1. The summed E-state index contributed by atoms with van der Waals surface area (Å²) in [6.07, 6.45) is 4.14.